The summed E-state index contributed by atoms with van der Waals surface area (Å²) in [5.74, 6) is 2.54. The lowest BCUT2D eigenvalue weighted by atomic mass is 10.0. The second-order valence-corrected chi connectivity index (χ2v) is 5.25. The van der Waals surface area contributed by atoms with Crippen molar-refractivity contribution in [3.05, 3.63) is 23.8 Å². The van der Waals surface area contributed by atoms with E-state index >= 15 is 0 Å². The van der Waals surface area contributed by atoms with E-state index in [1.54, 1.807) is 0 Å². The third kappa shape index (κ3) is 2.31. The van der Waals surface area contributed by atoms with Gasteiger partial charge in [0.15, 0.2) is 11.5 Å². The second-order valence-electron chi connectivity index (χ2n) is 5.25. The van der Waals surface area contributed by atoms with Crippen LogP contribution in [0.3, 0.4) is 0 Å². The first kappa shape index (κ1) is 11.8. The normalized spacial score (nSPS) is 19.3. The quantitative estimate of drug-likeness (QED) is 0.862. The van der Waals surface area contributed by atoms with Crippen LogP contribution < -0.4 is 15.2 Å². The van der Waals surface area contributed by atoms with Crippen LogP contribution in [0.25, 0.3) is 0 Å². The molecule has 1 atom stereocenters. The van der Waals surface area contributed by atoms with Crippen LogP contribution in [0.2, 0.25) is 0 Å². The number of fused-ring (bicyclic) bond motifs is 1. The maximum Gasteiger partial charge on any atom is 0.231 e. The number of nitrogens with two attached hydrogens (primary N) is 1. The molecule has 2 N–H and O–H groups in total. The SMILES string of the molecule is CN(CC1CC1)C(CN)c1ccc2c(c1)OCO2. The fourth-order valence-corrected chi connectivity index (χ4v) is 2.53. The molecule has 98 valence electrons. The molecule has 1 saturated carbocycles. The lowest BCUT2D eigenvalue weighted by Gasteiger charge is -2.27. The highest BCUT2D eigenvalue weighted by molar-refractivity contribution is 5.45. The van der Waals surface area contributed by atoms with Crippen LogP contribution in [0.4, 0.5) is 0 Å². The van der Waals surface area contributed by atoms with Gasteiger partial charge in [-0.15, -0.1) is 0 Å². The van der Waals surface area contributed by atoms with E-state index in [1.165, 1.54) is 18.4 Å². The molecule has 0 spiro atoms. The molecular weight excluding hydrogens is 228 g/mol. The molecule has 0 aromatic heterocycles. The van der Waals surface area contributed by atoms with E-state index in [9.17, 15) is 0 Å². The zero-order valence-corrected chi connectivity index (χ0v) is 10.8. The van der Waals surface area contributed by atoms with Crippen LogP contribution in [-0.4, -0.2) is 31.8 Å². The monoisotopic (exact) mass is 248 g/mol. The van der Waals surface area contributed by atoms with Gasteiger partial charge in [0.25, 0.3) is 0 Å². The Hall–Kier alpha value is -1.26. The third-order valence-corrected chi connectivity index (χ3v) is 3.78. The Morgan fingerprint density at radius 2 is 2.11 bits per heavy atom. The van der Waals surface area contributed by atoms with E-state index in [0.29, 0.717) is 13.3 Å². The van der Waals surface area contributed by atoms with Crippen LogP contribution in [0.15, 0.2) is 18.2 Å². The molecule has 0 amide bonds. The van der Waals surface area contributed by atoms with Crippen molar-refractivity contribution >= 4 is 0 Å². The van der Waals surface area contributed by atoms with Crippen molar-refractivity contribution in [1.82, 2.24) is 4.90 Å². The summed E-state index contributed by atoms with van der Waals surface area (Å²) in [5, 5.41) is 0. The lowest BCUT2D eigenvalue weighted by Crippen LogP contribution is -2.32. The van der Waals surface area contributed by atoms with E-state index in [2.05, 4.69) is 24.1 Å². The summed E-state index contributed by atoms with van der Waals surface area (Å²) in [6.45, 7) is 2.09. The number of benzene rings is 1. The highest BCUT2D eigenvalue weighted by Gasteiger charge is 2.27. The summed E-state index contributed by atoms with van der Waals surface area (Å²) < 4.78 is 10.8. The van der Waals surface area contributed by atoms with Gasteiger partial charge in [-0.1, -0.05) is 6.07 Å². The molecule has 1 aliphatic heterocycles. The number of rotatable bonds is 5. The van der Waals surface area contributed by atoms with E-state index in [1.807, 2.05) is 6.07 Å². The summed E-state index contributed by atoms with van der Waals surface area (Å²) in [6, 6.07) is 6.39. The lowest BCUT2D eigenvalue weighted by molar-refractivity contribution is 0.173. The summed E-state index contributed by atoms with van der Waals surface area (Å²) in [6.07, 6.45) is 2.73. The van der Waals surface area contributed by atoms with Crippen molar-refractivity contribution in [2.45, 2.75) is 18.9 Å². The van der Waals surface area contributed by atoms with Crippen molar-refractivity contribution < 1.29 is 9.47 Å². The van der Waals surface area contributed by atoms with Gasteiger partial charge in [-0.25, -0.2) is 0 Å². The van der Waals surface area contributed by atoms with Crippen LogP contribution in [-0.2, 0) is 0 Å². The zero-order valence-electron chi connectivity index (χ0n) is 10.8. The number of hydrogen-bond donors (Lipinski definition) is 1. The minimum absolute atomic E-state index is 0.264. The van der Waals surface area contributed by atoms with Crippen molar-refractivity contribution in [2.75, 3.05) is 26.9 Å². The average molecular weight is 248 g/mol. The maximum absolute atomic E-state index is 5.93. The molecule has 1 aromatic rings. The predicted molar refractivity (Wildman–Crippen MR) is 69.7 cm³/mol. The summed E-state index contributed by atoms with van der Waals surface area (Å²) in [7, 11) is 2.15. The Balaban J connectivity index is 1.77. The van der Waals surface area contributed by atoms with Crippen molar-refractivity contribution in [2.24, 2.45) is 11.7 Å². The second kappa shape index (κ2) is 4.78. The van der Waals surface area contributed by atoms with Gasteiger partial charge in [0, 0.05) is 19.1 Å². The fraction of sp³-hybridized carbons (Fsp3) is 0.571. The van der Waals surface area contributed by atoms with Gasteiger partial charge < -0.3 is 15.2 Å². The smallest absolute Gasteiger partial charge is 0.231 e. The highest BCUT2D eigenvalue weighted by atomic mass is 16.7. The van der Waals surface area contributed by atoms with Gasteiger partial charge in [-0.2, -0.15) is 0 Å². The van der Waals surface area contributed by atoms with Crippen LogP contribution in [0.5, 0.6) is 11.5 Å². The molecular formula is C14H20N2O2. The summed E-state index contributed by atoms with van der Waals surface area (Å²) in [4.78, 5) is 2.36. The Morgan fingerprint density at radius 3 is 2.83 bits per heavy atom. The molecule has 1 unspecified atom stereocenters. The van der Waals surface area contributed by atoms with Crippen molar-refractivity contribution in [1.29, 1.82) is 0 Å². The molecule has 3 rings (SSSR count). The molecule has 1 aliphatic carbocycles. The minimum atomic E-state index is 0.264. The summed E-state index contributed by atoms with van der Waals surface area (Å²) >= 11 is 0. The molecule has 4 heteroatoms. The van der Waals surface area contributed by atoms with E-state index in [0.717, 1.165) is 24.0 Å². The van der Waals surface area contributed by atoms with Crippen molar-refractivity contribution in [3.63, 3.8) is 0 Å². The molecule has 1 fully saturated rings. The molecule has 0 saturated heterocycles. The van der Waals surface area contributed by atoms with E-state index in [-0.39, 0.29) is 6.04 Å². The Morgan fingerprint density at radius 1 is 1.33 bits per heavy atom. The minimum Gasteiger partial charge on any atom is -0.454 e. The van der Waals surface area contributed by atoms with E-state index < -0.39 is 0 Å². The Bertz CT molecular complexity index is 432. The van der Waals surface area contributed by atoms with Gasteiger partial charge in [0.2, 0.25) is 6.79 Å². The van der Waals surface area contributed by atoms with Gasteiger partial charge >= 0.3 is 0 Å². The van der Waals surface area contributed by atoms with E-state index in [4.69, 9.17) is 15.2 Å². The molecule has 2 aliphatic rings. The van der Waals surface area contributed by atoms with Crippen molar-refractivity contribution in [3.8, 4) is 11.5 Å². The number of hydrogen-bond acceptors (Lipinski definition) is 4. The standard InChI is InChI=1S/C14H20N2O2/c1-16(8-10-2-3-10)12(7-15)11-4-5-13-14(6-11)18-9-17-13/h4-6,10,12H,2-3,7-9,15H2,1H3. The topological polar surface area (TPSA) is 47.7 Å². The number of nitrogens with zero attached hydrogens (tertiary/aromatic N) is 1. The first-order chi connectivity index (χ1) is 8.78. The zero-order chi connectivity index (χ0) is 12.5. The largest absolute Gasteiger partial charge is 0.454 e. The van der Waals surface area contributed by atoms with Gasteiger partial charge in [-0.3, -0.25) is 4.90 Å². The molecule has 0 bridgehead atoms. The fourth-order valence-electron chi connectivity index (χ4n) is 2.53. The number of likely N-dealkylation sites (N-methyl/N-ethyl adjacent to an activating group) is 1. The van der Waals surface area contributed by atoms with Gasteiger partial charge in [0.05, 0.1) is 0 Å². The Kier molecular flexibility index (Phi) is 3.14. The van der Waals surface area contributed by atoms with Gasteiger partial charge in [-0.05, 0) is 43.5 Å². The highest BCUT2D eigenvalue weighted by Crippen LogP contribution is 2.36. The summed E-state index contributed by atoms with van der Waals surface area (Å²) in [5.41, 5.74) is 7.15. The van der Waals surface area contributed by atoms with Crippen LogP contribution in [0, 0.1) is 5.92 Å². The Labute approximate surface area is 108 Å². The molecule has 1 heterocycles. The predicted octanol–water partition coefficient (Wildman–Crippen LogP) is 1.76. The third-order valence-electron chi connectivity index (χ3n) is 3.78. The van der Waals surface area contributed by atoms with Crippen LogP contribution in [0.1, 0.15) is 24.4 Å². The maximum atomic E-state index is 5.93. The average Bonchev–Trinajstić information content (AvgIpc) is 3.05. The molecule has 0 radical (unpaired) electrons. The number of ether oxygens (including phenoxy) is 2. The first-order valence-corrected chi connectivity index (χ1v) is 6.58. The molecule has 4 nitrogen and oxygen atoms in total. The van der Waals surface area contributed by atoms with Gasteiger partial charge in [0.1, 0.15) is 0 Å². The molecule has 18 heavy (non-hydrogen) atoms. The molecule has 1 aromatic carbocycles. The first-order valence-electron chi connectivity index (χ1n) is 6.58. The van der Waals surface area contributed by atoms with Crippen LogP contribution >= 0.6 is 0 Å².